The van der Waals surface area contributed by atoms with Crippen LogP contribution in [0.2, 0.25) is 0 Å². The Morgan fingerprint density at radius 3 is 1.89 bits per heavy atom. The van der Waals surface area contributed by atoms with Gasteiger partial charge in [-0.2, -0.15) is 0 Å². The predicted molar refractivity (Wildman–Crippen MR) is 154 cm³/mol. The Labute approximate surface area is 219 Å². The minimum absolute atomic E-state index is 0.220. The Hall–Kier alpha value is -2.74. The van der Waals surface area contributed by atoms with Crippen molar-refractivity contribution in [3.05, 3.63) is 96.1 Å². The van der Waals surface area contributed by atoms with E-state index in [-0.39, 0.29) is 5.54 Å². The number of para-hydroxylation sites is 1. The van der Waals surface area contributed by atoms with Crippen LogP contribution in [0.15, 0.2) is 84.9 Å². The van der Waals surface area contributed by atoms with Gasteiger partial charge in [0, 0.05) is 5.69 Å². The maximum atomic E-state index is 5.35. The molecule has 0 saturated carbocycles. The highest BCUT2D eigenvalue weighted by Crippen LogP contribution is 2.60. The molecule has 4 rings (SSSR count). The first kappa shape index (κ1) is 26.3. The summed E-state index contributed by atoms with van der Waals surface area (Å²) < 4.78 is 5.35. The third kappa shape index (κ3) is 6.72. The van der Waals surface area contributed by atoms with Gasteiger partial charge in [-0.05, 0) is 61.1 Å². The van der Waals surface area contributed by atoms with Gasteiger partial charge in [-0.15, -0.1) is 0 Å². The van der Waals surface area contributed by atoms with E-state index in [2.05, 4.69) is 96.8 Å². The number of hydrogen-bond donors (Lipinski definition) is 0. The molecule has 1 heterocycles. The summed E-state index contributed by atoms with van der Waals surface area (Å²) in [4.78, 5) is 2.73. The summed E-state index contributed by atoms with van der Waals surface area (Å²) >= 11 is 0. The molecule has 2 heteroatoms. The van der Waals surface area contributed by atoms with Crippen molar-refractivity contribution in [2.45, 2.75) is 95.6 Å². The van der Waals surface area contributed by atoms with Crippen molar-refractivity contribution < 1.29 is 4.74 Å². The molecule has 0 aliphatic carbocycles. The van der Waals surface area contributed by atoms with Gasteiger partial charge in [-0.25, -0.2) is 0 Å². The monoisotopic (exact) mass is 483 g/mol. The molecule has 1 saturated heterocycles. The van der Waals surface area contributed by atoms with E-state index in [1.54, 1.807) is 7.11 Å². The number of ether oxygens (including phenoxy) is 1. The van der Waals surface area contributed by atoms with Gasteiger partial charge in [0.25, 0.3) is 0 Å². The molecule has 3 aromatic carbocycles. The van der Waals surface area contributed by atoms with Crippen LogP contribution in [-0.4, -0.2) is 12.6 Å². The topological polar surface area (TPSA) is 12.2 Å². The summed E-state index contributed by atoms with van der Waals surface area (Å²) in [6, 6.07) is 31.4. The van der Waals surface area contributed by atoms with Crippen molar-refractivity contribution in [2.24, 2.45) is 0 Å². The van der Waals surface area contributed by atoms with E-state index in [4.69, 9.17) is 4.74 Å². The van der Waals surface area contributed by atoms with E-state index < -0.39 is 0 Å². The lowest BCUT2D eigenvalue weighted by molar-refractivity contribution is 0.414. The molecule has 0 spiro atoms. The molecule has 192 valence electrons. The van der Waals surface area contributed by atoms with Crippen molar-refractivity contribution in [1.29, 1.82) is 0 Å². The van der Waals surface area contributed by atoms with Crippen LogP contribution in [0.4, 0.5) is 5.69 Å². The molecule has 2 atom stereocenters. The van der Waals surface area contributed by atoms with Gasteiger partial charge in [0.1, 0.15) is 5.75 Å². The van der Waals surface area contributed by atoms with E-state index in [0.29, 0.717) is 6.04 Å². The molecular formula is C34H45NO. The Balaban J connectivity index is 1.45. The van der Waals surface area contributed by atoms with Gasteiger partial charge >= 0.3 is 0 Å². The molecule has 0 bridgehead atoms. The highest BCUT2D eigenvalue weighted by atomic mass is 16.5. The highest BCUT2D eigenvalue weighted by molar-refractivity contribution is 5.63. The Kier molecular flexibility index (Phi) is 9.90. The Morgan fingerprint density at radius 1 is 0.667 bits per heavy atom. The molecular weight excluding hydrogens is 438 g/mol. The van der Waals surface area contributed by atoms with Crippen molar-refractivity contribution in [3.8, 4) is 5.75 Å². The van der Waals surface area contributed by atoms with Crippen LogP contribution < -0.4 is 9.64 Å². The summed E-state index contributed by atoms with van der Waals surface area (Å²) in [5.74, 6) is 0.937. The smallest absolute Gasteiger partial charge is 0.118 e. The van der Waals surface area contributed by atoms with Gasteiger partial charge in [0.15, 0.2) is 0 Å². The third-order valence-electron chi connectivity index (χ3n) is 8.03. The van der Waals surface area contributed by atoms with E-state index in [9.17, 15) is 0 Å². The fraction of sp³-hybridized carbons (Fsp3) is 0.471. The van der Waals surface area contributed by atoms with Gasteiger partial charge < -0.3 is 9.64 Å². The summed E-state index contributed by atoms with van der Waals surface area (Å²) in [7, 11) is 1.74. The number of anilines is 1. The molecule has 0 unspecified atom stereocenters. The van der Waals surface area contributed by atoms with E-state index in [1.807, 2.05) is 0 Å². The van der Waals surface area contributed by atoms with Crippen molar-refractivity contribution in [2.75, 3.05) is 12.0 Å². The number of nitrogens with zero attached hydrogens (tertiary/aromatic N) is 1. The lowest BCUT2D eigenvalue weighted by Crippen LogP contribution is -2.19. The van der Waals surface area contributed by atoms with E-state index in [0.717, 1.165) is 12.2 Å². The number of benzene rings is 3. The molecule has 0 radical (unpaired) electrons. The second-order valence-electron chi connectivity index (χ2n) is 10.5. The number of methoxy groups -OCH3 is 1. The molecule has 3 aromatic rings. The number of hydrogen-bond acceptors (Lipinski definition) is 2. The zero-order valence-corrected chi connectivity index (χ0v) is 22.5. The van der Waals surface area contributed by atoms with Gasteiger partial charge in [0.05, 0.1) is 18.7 Å². The largest absolute Gasteiger partial charge is 0.497 e. The lowest BCUT2D eigenvalue weighted by atomic mass is 9.88. The van der Waals surface area contributed by atoms with Crippen LogP contribution in [0.5, 0.6) is 5.75 Å². The normalized spacial score (nSPS) is 18.8. The van der Waals surface area contributed by atoms with Crippen molar-refractivity contribution >= 4 is 5.69 Å². The van der Waals surface area contributed by atoms with Gasteiger partial charge in [0.2, 0.25) is 0 Å². The summed E-state index contributed by atoms with van der Waals surface area (Å²) in [5, 5.41) is 0. The predicted octanol–water partition coefficient (Wildman–Crippen LogP) is 9.55. The first-order valence-corrected chi connectivity index (χ1v) is 14.3. The lowest BCUT2D eigenvalue weighted by Gasteiger charge is -2.19. The molecule has 2 nitrogen and oxygen atoms in total. The molecule has 0 amide bonds. The van der Waals surface area contributed by atoms with Gasteiger partial charge in [-0.3, -0.25) is 0 Å². The fourth-order valence-electron chi connectivity index (χ4n) is 6.06. The molecule has 1 aliphatic heterocycles. The zero-order valence-electron chi connectivity index (χ0n) is 22.5. The van der Waals surface area contributed by atoms with Crippen LogP contribution >= 0.6 is 0 Å². The molecule has 0 aromatic heterocycles. The first-order valence-electron chi connectivity index (χ1n) is 14.3. The summed E-state index contributed by atoms with van der Waals surface area (Å²) in [5.41, 5.74) is 4.46. The minimum atomic E-state index is 0.220. The minimum Gasteiger partial charge on any atom is -0.497 e. The highest BCUT2D eigenvalue weighted by Gasteiger charge is 2.61. The maximum absolute atomic E-state index is 5.35. The second kappa shape index (κ2) is 13.5. The molecule has 0 N–H and O–H groups in total. The number of rotatable bonds is 16. The molecule has 36 heavy (non-hydrogen) atoms. The SMILES string of the molecule is CCCCCCCCCC[C@]1(CCCc2ccc(OC)cc2)[C@@H](c2ccccc2)N1c1ccccc1. The number of aryl methyl sites for hydroxylation is 1. The molecule has 1 fully saturated rings. The second-order valence-corrected chi connectivity index (χ2v) is 10.5. The van der Waals surface area contributed by atoms with E-state index in [1.165, 1.54) is 87.4 Å². The third-order valence-corrected chi connectivity index (χ3v) is 8.03. The van der Waals surface area contributed by atoms with Gasteiger partial charge in [-0.1, -0.05) is 119 Å². The van der Waals surface area contributed by atoms with Crippen molar-refractivity contribution in [1.82, 2.24) is 0 Å². The Morgan fingerprint density at radius 2 is 1.25 bits per heavy atom. The number of unbranched alkanes of at least 4 members (excludes halogenated alkanes) is 7. The molecule has 1 aliphatic rings. The van der Waals surface area contributed by atoms with E-state index >= 15 is 0 Å². The standard InChI is InChI=1S/C34H45NO/c1-3-4-5-6-7-8-9-16-27-34(28-17-18-29-23-25-32(36-2)26-24-29)33(30-19-12-10-13-20-30)35(34)31-21-14-11-15-22-31/h10-15,19-26,33H,3-9,16-18,27-28H2,1-2H3/t33-,34+,35?/m1/s1. The van der Waals surface area contributed by atoms with Crippen LogP contribution in [0, 0.1) is 0 Å². The van der Waals surface area contributed by atoms with Crippen LogP contribution in [0.25, 0.3) is 0 Å². The summed E-state index contributed by atoms with van der Waals surface area (Å²) in [6.07, 6.45) is 15.8. The van der Waals surface area contributed by atoms with Crippen molar-refractivity contribution in [3.63, 3.8) is 0 Å². The fourth-order valence-corrected chi connectivity index (χ4v) is 6.06. The van der Waals surface area contributed by atoms with Crippen LogP contribution in [0.1, 0.15) is 94.7 Å². The summed E-state index contributed by atoms with van der Waals surface area (Å²) in [6.45, 7) is 2.30. The maximum Gasteiger partial charge on any atom is 0.118 e. The average Bonchev–Trinajstić information content (AvgIpc) is 3.59. The first-order chi connectivity index (χ1) is 17.8. The average molecular weight is 484 g/mol. The van der Waals surface area contributed by atoms with Crippen LogP contribution in [0.3, 0.4) is 0 Å². The van der Waals surface area contributed by atoms with Crippen LogP contribution in [-0.2, 0) is 6.42 Å². The quantitative estimate of drug-likeness (QED) is 0.148. The zero-order chi connectivity index (χ0) is 25.1. The Bertz CT molecular complexity index is 953.